The standard InChI is InChI=1S/C21H20ClN3O4/c1-12-20(15-4-2-3-5-16(15)24-12)18(26)11-29-19(27)10-17(25-21(23)28)13-6-8-14(22)9-7-13/h2-9,17,24H,10-11H2,1H3,(H3,23,25,28). The van der Waals surface area contributed by atoms with Crippen LogP contribution in [0, 0.1) is 6.92 Å². The molecule has 0 radical (unpaired) electrons. The Balaban J connectivity index is 1.67. The van der Waals surface area contributed by atoms with Gasteiger partial charge in [-0.3, -0.25) is 9.59 Å². The summed E-state index contributed by atoms with van der Waals surface area (Å²) in [6, 6.07) is 12.6. The van der Waals surface area contributed by atoms with Crippen molar-refractivity contribution in [3.05, 3.63) is 70.4 Å². The van der Waals surface area contributed by atoms with Gasteiger partial charge >= 0.3 is 12.0 Å². The predicted molar refractivity (Wildman–Crippen MR) is 110 cm³/mol. The molecule has 2 aromatic carbocycles. The fourth-order valence-corrected chi connectivity index (χ4v) is 3.32. The molecule has 3 aromatic rings. The van der Waals surface area contributed by atoms with Gasteiger partial charge in [0.05, 0.1) is 12.5 Å². The second-order valence-corrected chi connectivity index (χ2v) is 7.01. The summed E-state index contributed by atoms with van der Waals surface area (Å²) in [6.07, 6.45) is -0.176. The van der Waals surface area contributed by atoms with Crippen molar-refractivity contribution in [2.24, 2.45) is 5.73 Å². The lowest BCUT2D eigenvalue weighted by Gasteiger charge is -2.17. The van der Waals surface area contributed by atoms with Gasteiger partial charge in [0.1, 0.15) is 0 Å². The number of carbonyl (C=O) groups excluding carboxylic acids is 3. The predicted octanol–water partition coefficient (Wildman–Crippen LogP) is 3.66. The van der Waals surface area contributed by atoms with Gasteiger partial charge in [-0.15, -0.1) is 0 Å². The van der Waals surface area contributed by atoms with Crippen molar-refractivity contribution < 1.29 is 19.1 Å². The van der Waals surface area contributed by atoms with Crippen LogP contribution >= 0.6 is 11.6 Å². The SMILES string of the molecule is Cc1[nH]c2ccccc2c1C(=O)COC(=O)CC(NC(N)=O)c1ccc(Cl)cc1. The first-order valence-electron chi connectivity index (χ1n) is 8.92. The topological polar surface area (TPSA) is 114 Å². The number of aromatic nitrogens is 1. The Morgan fingerprint density at radius 1 is 1.14 bits per heavy atom. The van der Waals surface area contributed by atoms with Crippen molar-refractivity contribution >= 4 is 40.3 Å². The van der Waals surface area contributed by atoms with Crippen molar-refractivity contribution in [1.82, 2.24) is 10.3 Å². The van der Waals surface area contributed by atoms with Crippen LogP contribution in [-0.4, -0.2) is 29.4 Å². The summed E-state index contributed by atoms with van der Waals surface area (Å²) >= 11 is 5.87. The van der Waals surface area contributed by atoms with Gasteiger partial charge in [-0.2, -0.15) is 0 Å². The number of hydrogen-bond donors (Lipinski definition) is 3. The lowest BCUT2D eigenvalue weighted by molar-refractivity contribution is -0.143. The maximum absolute atomic E-state index is 12.6. The molecule has 0 saturated heterocycles. The lowest BCUT2D eigenvalue weighted by Crippen LogP contribution is -2.34. The minimum absolute atomic E-state index is 0.176. The van der Waals surface area contributed by atoms with Gasteiger partial charge in [-0.25, -0.2) is 4.79 Å². The number of primary amides is 1. The molecule has 29 heavy (non-hydrogen) atoms. The number of para-hydroxylation sites is 1. The molecule has 0 aliphatic carbocycles. The van der Waals surface area contributed by atoms with Crippen LogP contribution in [0.3, 0.4) is 0 Å². The van der Waals surface area contributed by atoms with Crippen LogP contribution in [0.15, 0.2) is 48.5 Å². The Labute approximate surface area is 172 Å². The molecule has 1 unspecified atom stereocenters. The number of fused-ring (bicyclic) bond motifs is 1. The number of aromatic amines is 1. The smallest absolute Gasteiger partial charge is 0.312 e. The summed E-state index contributed by atoms with van der Waals surface area (Å²) in [7, 11) is 0. The number of urea groups is 1. The Morgan fingerprint density at radius 2 is 1.83 bits per heavy atom. The average Bonchev–Trinajstić information content (AvgIpc) is 3.01. The Bertz CT molecular complexity index is 1060. The Kier molecular flexibility index (Phi) is 6.19. The molecule has 0 bridgehead atoms. The van der Waals surface area contributed by atoms with E-state index in [1.165, 1.54) is 0 Å². The highest BCUT2D eigenvalue weighted by atomic mass is 35.5. The van der Waals surface area contributed by atoms with E-state index in [1.807, 2.05) is 24.3 Å². The largest absolute Gasteiger partial charge is 0.457 e. The number of Topliss-reactive ketones (excluding diaryl/α,β-unsaturated/α-hetero) is 1. The molecule has 150 valence electrons. The van der Waals surface area contributed by atoms with Crippen molar-refractivity contribution in [2.45, 2.75) is 19.4 Å². The van der Waals surface area contributed by atoms with E-state index in [4.69, 9.17) is 22.1 Å². The van der Waals surface area contributed by atoms with Crippen LogP contribution in [0.1, 0.15) is 34.1 Å². The first-order chi connectivity index (χ1) is 13.8. The summed E-state index contributed by atoms with van der Waals surface area (Å²) in [5, 5.41) is 3.80. The van der Waals surface area contributed by atoms with E-state index in [2.05, 4.69) is 10.3 Å². The zero-order valence-electron chi connectivity index (χ0n) is 15.7. The minimum Gasteiger partial charge on any atom is -0.457 e. The van der Waals surface area contributed by atoms with Gasteiger partial charge in [0.2, 0.25) is 5.78 Å². The number of esters is 1. The van der Waals surface area contributed by atoms with Crippen molar-refractivity contribution in [3.8, 4) is 0 Å². The number of halogens is 1. The molecule has 7 nitrogen and oxygen atoms in total. The average molecular weight is 414 g/mol. The third-order valence-electron chi connectivity index (χ3n) is 4.50. The summed E-state index contributed by atoms with van der Waals surface area (Å²) in [5.74, 6) is -0.941. The molecule has 0 spiro atoms. The molecule has 1 heterocycles. The second-order valence-electron chi connectivity index (χ2n) is 6.57. The number of rotatable bonds is 7. The van der Waals surface area contributed by atoms with Gasteiger partial charge < -0.3 is 20.8 Å². The molecule has 1 aromatic heterocycles. The monoisotopic (exact) mass is 413 g/mol. The van der Waals surface area contributed by atoms with E-state index < -0.39 is 24.6 Å². The zero-order valence-corrected chi connectivity index (χ0v) is 16.5. The van der Waals surface area contributed by atoms with Crippen molar-refractivity contribution in [2.75, 3.05) is 6.61 Å². The second kappa shape index (κ2) is 8.79. The fraction of sp³-hybridized carbons (Fsp3) is 0.190. The summed E-state index contributed by atoms with van der Waals surface area (Å²) in [6.45, 7) is 1.40. The number of amides is 2. The number of ether oxygens (including phenoxy) is 1. The molecule has 0 aliphatic rings. The minimum atomic E-state index is -0.775. The highest BCUT2D eigenvalue weighted by Crippen LogP contribution is 2.23. The number of aryl methyl sites for hydroxylation is 1. The van der Waals surface area contributed by atoms with E-state index in [0.29, 0.717) is 21.8 Å². The molecule has 3 rings (SSSR count). The summed E-state index contributed by atoms with van der Waals surface area (Å²) in [5.41, 5.74) is 7.90. The molecule has 0 saturated carbocycles. The Hall–Kier alpha value is -3.32. The van der Waals surface area contributed by atoms with E-state index >= 15 is 0 Å². The number of nitrogens with one attached hydrogen (secondary N) is 2. The van der Waals surface area contributed by atoms with E-state index in [9.17, 15) is 14.4 Å². The molecule has 0 aliphatic heterocycles. The highest BCUT2D eigenvalue weighted by Gasteiger charge is 2.21. The van der Waals surface area contributed by atoms with E-state index in [1.54, 1.807) is 31.2 Å². The normalized spacial score (nSPS) is 11.8. The highest BCUT2D eigenvalue weighted by molar-refractivity contribution is 6.30. The molecule has 0 fully saturated rings. The number of nitrogens with two attached hydrogens (primary N) is 1. The molecule has 2 amide bonds. The third kappa shape index (κ3) is 4.94. The number of carbonyl (C=O) groups is 3. The maximum atomic E-state index is 12.6. The van der Waals surface area contributed by atoms with Gasteiger partial charge in [-0.05, 0) is 30.7 Å². The Morgan fingerprint density at radius 3 is 2.52 bits per heavy atom. The van der Waals surface area contributed by atoms with Crippen molar-refractivity contribution in [1.29, 1.82) is 0 Å². The van der Waals surface area contributed by atoms with Crippen LogP contribution in [0.25, 0.3) is 10.9 Å². The summed E-state index contributed by atoms with van der Waals surface area (Å²) in [4.78, 5) is 39.3. The molecular formula is C21H20ClN3O4. The lowest BCUT2D eigenvalue weighted by atomic mass is 10.0. The van der Waals surface area contributed by atoms with Crippen molar-refractivity contribution in [3.63, 3.8) is 0 Å². The molecule has 8 heteroatoms. The number of ketones is 1. The molecular weight excluding hydrogens is 394 g/mol. The van der Waals surface area contributed by atoms with Gasteiger partial charge in [-0.1, -0.05) is 41.9 Å². The van der Waals surface area contributed by atoms with Gasteiger partial charge in [0.25, 0.3) is 0 Å². The molecule has 1 atom stereocenters. The van der Waals surface area contributed by atoms with E-state index in [0.717, 1.165) is 10.9 Å². The van der Waals surface area contributed by atoms with Crippen LogP contribution in [0.4, 0.5) is 4.79 Å². The number of hydrogen-bond acceptors (Lipinski definition) is 4. The van der Waals surface area contributed by atoms with Crippen LogP contribution in [-0.2, 0) is 9.53 Å². The van der Waals surface area contributed by atoms with E-state index in [-0.39, 0.29) is 12.2 Å². The number of benzene rings is 2. The van der Waals surface area contributed by atoms with Crippen LogP contribution in [0.2, 0.25) is 5.02 Å². The van der Waals surface area contributed by atoms with Gasteiger partial charge in [0.15, 0.2) is 6.61 Å². The maximum Gasteiger partial charge on any atom is 0.312 e. The number of H-pyrrole nitrogens is 1. The zero-order chi connectivity index (χ0) is 21.0. The molecule has 4 N–H and O–H groups in total. The third-order valence-corrected chi connectivity index (χ3v) is 4.75. The quantitative estimate of drug-likeness (QED) is 0.405. The van der Waals surface area contributed by atoms with Crippen LogP contribution in [0.5, 0.6) is 0 Å². The summed E-state index contributed by atoms with van der Waals surface area (Å²) < 4.78 is 5.17. The fourth-order valence-electron chi connectivity index (χ4n) is 3.20. The van der Waals surface area contributed by atoms with Gasteiger partial charge in [0, 0.05) is 27.2 Å². The first kappa shape index (κ1) is 20.4. The first-order valence-corrected chi connectivity index (χ1v) is 9.30. The van der Waals surface area contributed by atoms with Crippen LogP contribution < -0.4 is 11.1 Å².